The Morgan fingerprint density at radius 1 is 1.18 bits per heavy atom. The fraction of sp³-hybridized carbons (Fsp3) is 0.333. The van der Waals surface area contributed by atoms with Crippen molar-refractivity contribution in [1.29, 1.82) is 0 Å². The van der Waals surface area contributed by atoms with Crippen LogP contribution in [0.3, 0.4) is 0 Å². The SMILES string of the molecule is C=C/C=C\C(=C)c1ccccc1NC(=O)OC1CCN(Cc2cccc(CN(C)C)n2)CC1. The predicted octanol–water partition coefficient (Wildman–Crippen LogP) is 5.11. The van der Waals surface area contributed by atoms with Crippen molar-refractivity contribution < 1.29 is 9.53 Å². The van der Waals surface area contributed by atoms with Crippen LogP contribution in [-0.2, 0) is 17.8 Å². The van der Waals surface area contributed by atoms with E-state index >= 15 is 0 Å². The minimum atomic E-state index is -0.431. The zero-order valence-corrected chi connectivity index (χ0v) is 19.7. The number of pyridine rings is 1. The smallest absolute Gasteiger partial charge is 0.411 e. The number of carbonyl (C=O) groups excluding carboxylic acids is 1. The molecule has 0 atom stereocenters. The molecule has 1 saturated heterocycles. The Labute approximate surface area is 197 Å². The number of aromatic nitrogens is 1. The van der Waals surface area contributed by atoms with Gasteiger partial charge in [0, 0.05) is 31.7 Å². The Bertz CT molecular complexity index is 991. The minimum Gasteiger partial charge on any atom is -0.446 e. The molecule has 1 N–H and O–H groups in total. The van der Waals surface area contributed by atoms with Gasteiger partial charge in [-0.1, -0.05) is 55.7 Å². The first kappa shape index (κ1) is 24.4. The van der Waals surface area contributed by atoms with Crippen LogP contribution in [0.1, 0.15) is 29.8 Å². The number of amides is 1. The van der Waals surface area contributed by atoms with Crippen molar-refractivity contribution >= 4 is 17.4 Å². The van der Waals surface area contributed by atoms with Crippen LogP contribution >= 0.6 is 0 Å². The van der Waals surface area contributed by atoms with E-state index in [2.05, 4.69) is 46.5 Å². The maximum atomic E-state index is 12.5. The molecule has 1 aromatic carbocycles. The number of anilines is 1. The molecule has 6 nitrogen and oxygen atoms in total. The van der Waals surface area contributed by atoms with E-state index in [1.807, 2.05) is 50.5 Å². The molecule has 3 rings (SSSR count). The number of rotatable bonds is 9. The summed E-state index contributed by atoms with van der Waals surface area (Å²) in [5, 5.41) is 2.88. The lowest BCUT2D eigenvalue weighted by Crippen LogP contribution is -2.38. The molecular formula is C27H34N4O2. The molecule has 1 aliphatic rings. The number of piperidine rings is 1. The lowest BCUT2D eigenvalue weighted by Gasteiger charge is -2.31. The molecule has 0 bridgehead atoms. The molecule has 0 radical (unpaired) electrons. The van der Waals surface area contributed by atoms with Gasteiger partial charge in [0.05, 0.1) is 17.1 Å². The molecule has 1 aromatic heterocycles. The number of ether oxygens (including phenoxy) is 1. The molecule has 6 heteroatoms. The van der Waals surface area contributed by atoms with Gasteiger partial charge in [-0.2, -0.15) is 0 Å². The Hall–Kier alpha value is -3.22. The van der Waals surface area contributed by atoms with Crippen molar-refractivity contribution in [2.45, 2.75) is 32.0 Å². The van der Waals surface area contributed by atoms with Crippen LogP contribution in [0.2, 0.25) is 0 Å². The van der Waals surface area contributed by atoms with Crippen molar-refractivity contribution in [2.75, 3.05) is 32.5 Å². The number of nitrogens with one attached hydrogen (secondary N) is 1. The Morgan fingerprint density at radius 3 is 2.64 bits per heavy atom. The number of nitrogens with zero attached hydrogens (tertiary/aromatic N) is 3. The summed E-state index contributed by atoms with van der Waals surface area (Å²) < 4.78 is 5.71. The quantitative estimate of drug-likeness (QED) is 0.543. The van der Waals surface area contributed by atoms with E-state index < -0.39 is 6.09 Å². The van der Waals surface area contributed by atoms with Crippen LogP contribution in [0.5, 0.6) is 0 Å². The van der Waals surface area contributed by atoms with Crippen molar-refractivity contribution in [3.63, 3.8) is 0 Å². The van der Waals surface area contributed by atoms with Gasteiger partial charge in [0.2, 0.25) is 0 Å². The van der Waals surface area contributed by atoms with Gasteiger partial charge in [-0.05, 0) is 50.7 Å². The van der Waals surface area contributed by atoms with Crippen LogP contribution in [0.4, 0.5) is 10.5 Å². The summed E-state index contributed by atoms with van der Waals surface area (Å²) in [5.41, 5.74) is 4.49. The maximum Gasteiger partial charge on any atom is 0.411 e. The highest BCUT2D eigenvalue weighted by Gasteiger charge is 2.23. The van der Waals surface area contributed by atoms with E-state index in [1.165, 1.54) is 0 Å². The zero-order chi connectivity index (χ0) is 23.6. The molecule has 1 fully saturated rings. The molecule has 2 aromatic rings. The number of hydrogen-bond donors (Lipinski definition) is 1. The largest absolute Gasteiger partial charge is 0.446 e. The molecule has 0 unspecified atom stereocenters. The molecule has 2 heterocycles. The minimum absolute atomic E-state index is 0.0923. The van der Waals surface area contributed by atoms with E-state index in [-0.39, 0.29) is 6.10 Å². The van der Waals surface area contributed by atoms with Crippen LogP contribution in [0.15, 0.2) is 73.9 Å². The zero-order valence-electron chi connectivity index (χ0n) is 19.7. The number of likely N-dealkylation sites (tertiary alicyclic amines) is 1. The fourth-order valence-corrected chi connectivity index (χ4v) is 3.88. The van der Waals surface area contributed by atoms with Crippen LogP contribution in [-0.4, -0.2) is 54.2 Å². The molecule has 174 valence electrons. The first-order valence-electron chi connectivity index (χ1n) is 11.3. The standard InChI is InChI=1S/C27H34N4O2/c1-5-6-10-21(2)25-13-7-8-14-26(25)29-27(32)33-24-15-17-31(18-16-24)20-23-12-9-11-22(28-23)19-30(3)4/h5-14,24H,1-2,15-20H2,3-4H3,(H,29,32)/b10-6-. The summed E-state index contributed by atoms with van der Waals surface area (Å²) in [6, 6.07) is 13.8. The van der Waals surface area contributed by atoms with Gasteiger partial charge in [0.25, 0.3) is 0 Å². The van der Waals surface area contributed by atoms with Crippen molar-refractivity contribution in [1.82, 2.24) is 14.8 Å². The van der Waals surface area contributed by atoms with Crippen LogP contribution in [0.25, 0.3) is 5.57 Å². The second kappa shape index (κ2) is 12.1. The number of benzene rings is 1. The van der Waals surface area contributed by atoms with Crippen LogP contribution in [0, 0.1) is 0 Å². The number of carbonyl (C=O) groups is 1. The van der Waals surface area contributed by atoms with Gasteiger partial charge in [-0.3, -0.25) is 15.2 Å². The van der Waals surface area contributed by atoms with Crippen LogP contribution < -0.4 is 5.32 Å². The summed E-state index contributed by atoms with van der Waals surface area (Å²) in [7, 11) is 4.09. The first-order valence-corrected chi connectivity index (χ1v) is 11.3. The maximum absolute atomic E-state index is 12.5. The van der Waals surface area contributed by atoms with Crippen molar-refractivity contribution in [3.05, 3.63) is 90.8 Å². The summed E-state index contributed by atoms with van der Waals surface area (Å²) in [5.74, 6) is 0. The molecule has 0 aliphatic carbocycles. The molecular weight excluding hydrogens is 412 g/mol. The molecule has 0 saturated carbocycles. The summed E-state index contributed by atoms with van der Waals surface area (Å²) in [4.78, 5) is 21.8. The van der Waals surface area contributed by atoms with E-state index in [0.717, 1.165) is 61.5 Å². The van der Waals surface area contributed by atoms with E-state index in [4.69, 9.17) is 9.72 Å². The highest BCUT2D eigenvalue weighted by molar-refractivity contribution is 5.91. The average molecular weight is 447 g/mol. The molecule has 1 amide bonds. The highest BCUT2D eigenvalue weighted by atomic mass is 16.6. The third kappa shape index (κ3) is 7.70. The van der Waals surface area contributed by atoms with Gasteiger partial charge in [-0.25, -0.2) is 4.79 Å². The first-order chi connectivity index (χ1) is 15.9. The van der Waals surface area contributed by atoms with Gasteiger partial charge in [-0.15, -0.1) is 0 Å². The lowest BCUT2D eigenvalue weighted by molar-refractivity contribution is 0.0563. The molecule has 0 spiro atoms. The van der Waals surface area contributed by atoms with Crippen molar-refractivity contribution in [3.8, 4) is 0 Å². The average Bonchev–Trinajstić information content (AvgIpc) is 2.79. The fourth-order valence-electron chi connectivity index (χ4n) is 3.88. The summed E-state index contributed by atoms with van der Waals surface area (Å²) in [6.07, 6.45) is 6.46. The lowest BCUT2D eigenvalue weighted by atomic mass is 10.0. The topological polar surface area (TPSA) is 57.7 Å². The van der Waals surface area contributed by atoms with E-state index in [1.54, 1.807) is 6.08 Å². The van der Waals surface area contributed by atoms with Gasteiger partial charge < -0.3 is 9.64 Å². The Balaban J connectivity index is 1.49. The summed E-state index contributed by atoms with van der Waals surface area (Å²) >= 11 is 0. The number of para-hydroxylation sites is 1. The second-order valence-electron chi connectivity index (χ2n) is 8.53. The summed E-state index contributed by atoms with van der Waals surface area (Å²) in [6.45, 7) is 11.1. The van der Waals surface area contributed by atoms with E-state index in [0.29, 0.717) is 5.69 Å². The number of allylic oxidation sites excluding steroid dienone is 4. The third-order valence-corrected chi connectivity index (χ3v) is 5.48. The third-order valence-electron chi connectivity index (χ3n) is 5.48. The van der Waals surface area contributed by atoms with Gasteiger partial charge in [0.1, 0.15) is 6.10 Å². The van der Waals surface area contributed by atoms with Crippen molar-refractivity contribution in [2.24, 2.45) is 0 Å². The monoisotopic (exact) mass is 446 g/mol. The Kier molecular flexibility index (Phi) is 8.98. The predicted molar refractivity (Wildman–Crippen MR) is 135 cm³/mol. The van der Waals surface area contributed by atoms with Gasteiger partial charge >= 0.3 is 6.09 Å². The molecule has 1 aliphatic heterocycles. The van der Waals surface area contributed by atoms with Gasteiger partial charge in [0.15, 0.2) is 0 Å². The van der Waals surface area contributed by atoms with E-state index in [9.17, 15) is 4.79 Å². The normalized spacial score (nSPS) is 15.0. The molecule has 33 heavy (non-hydrogen) atoms. The second-order valence-corrected chi connectivity index (χ2v) is 8.53. The highest BCUT2D eigenvalue weighted by Crippen LogP contribution is 2.24. The Morgan fingerprint density at radius 2 is 1.91 bits per heavy atom. The number of hydrogen-bond acceptors (Lipinski definition) is 5.